The van der Waals surface area contributed by atoms with E-state index in [-0.39, 0.29) is 0 Å². The molecule has 0 amide bonds. The van der Waals surface area contributed by atoms with Crippen molar-refractivity contribution in [2.75, 3.05) is 20.1 Å². The summed E-state index contributed by atoms with van der Waals surface area (Å²) in [4.78, 5) is 2.53. The van der Waals surface area contributed by atoms with Crippen LogP contribution in [0.25, 0.3) is 0 Å². The SMILES string of the molecule is CCCNC(CCN(C)C(CC)CC)c1ccccc1C. The number of hydrogen-bond donors (Lipinski definition) is 1. The van der Waals surface area contributed by atoms with Crippen LogP contribution in [0.5, 0.6) is 0 Å². The zero-order valence-electron chi connectivity index (χ0n) is 14.7. The second kappa shape index (κ2) is 9.97. The Balaban J connectivity index is 2.69. The Morgan fingerprint density at radius 3 is 2.33 bits per heavy atom. The minimum atomic E-state index is 0.475. The zero-order valence-corrected chi connectivity index (χ0v) is 14.7. The highest BCUT2D eigenvalue weighted by Gasteiger charge is 2.16. The van der Waals surface area contributed by atoms with Gasteiger partial charge in [0.1, 0.15) is 0 Å². The molecule has 0 fully saturated rings. The Morgan fingerprint density at radius 2 is 1.76 bits per heavy atom. The summed E-state index contributed by atoms with van der Waals surface area (Å²) in [5, 5.41) is 3.73. The number of nitrogens with one attached hydrogen (secondary N) is 1. The summed E-state index contributed by atoms with van der Waals surface area (Å²) in [6.07, 6.45) is 4.84. The van der Waals surface area contributed by atoms with Crippen LogP contribution in [-0.4, -0.2) is 31.1 Å². The van der Waals surface area contributed by atoms with E-state index in [0.29, 0.717) is 12.1 Å². The van der Waals surface area contributed by atoms with Crippen molar-refractivity contribution >= 4 is 0 Å². The first-order valence-electron chi connectivity index (χ1n) is 8.63. The molecule has 0 aliphatic rings. The van der Waals surface area contributed by atoms with Crippen LogP contribution in [0.15, 0.2) is 24.3 Å². The van der Waals surface area contributed by atoms with Gasteiger partial charge >= 0.3 is 0 Å². The molecule has 1 rings (SSSR count). The number of benzene rings is 1. The third-order valence-corrected chi connectivity index (χ3v) is 4.54. The summed E-state index contributed by atoms with van der Waals surface area (Å²) in [6, 6.07) is 9.98. The second-order valence-corrected chi connectivity index (χ2v) is 6.10. The Hall–Kier alpha value is -0.860. The Morgan fingerprint density at radius 1 is 1.10 bits per heavy atom. The molecule has 120 valence electrons. The number of aryl methyl sites for hydroxylation is 1. The van der Waals surface area contributed by atoms with Gasteiger partial charge in [0.2, 0.25) is 0 Å². The first-order valence-corrected chi connectivity index (χ1v) is 8.63. The molecule has 0 spiro atoms. The maximum absolute atomic E-state index is 3.73. The third kappa shape index (κ3) is 5.80. The summed E-state index contributed by atoms with van der Waals surface area (Å²) in [5.41, 5.74) is 2.86. The van der Waals surface area contributed by atoms with Gasteiger partial charge in [-0.3, -0.25) is 0 Å². The van der Waals surface area contributed by atoms with Crippen molar-refractivity contribution in [3.05, 3.63) is 35.4 Å². The predicted molar refractivity (Wildman–Crippen MR) is 93.8 cm³/mol. The average Bonchev–Trinajstić information content (AvgIpc) is 2.49. The smallest absolute Gasteiger partial charge is 0.0335 e. The molecule has 0 bridgehead atoms. The fourth-order valence-corrected chi connectivity index (χ4v) is 3.09. The summed E-state index contributed by atoms with van der Waals surface area (Å²) >= 11 is 0. The standard InChI is InChI=1S/C19H34N2/c1-6-14-20-19(18-12-10-9-11-16(18)4)13-15-21(5)17(7-2)8-3/h9-12,17,19-20H,6-8,13-15H2,1-5H3. The molecular weight excluding hydrogens is 256 g/mol. The molecule has 1 aromatic rings. The van der Waals surface area contributed by atoms with Crippen molar-refractivity contribution < 1.29 is 0 Å². The third-order valence-electron chi connectivity index (χ3n) is 4.54. The predicted octanol–water partition coefficient (Wildman–Crippen LogP) is 4.55. The lowest BCUT2D eigenvalue weighted by atomic mass is 9.98. The fraction of sp³-hybridized carbons (Fsp3) is 0.684. The van der Waals surface area contributed by atoms with Gasteiger partial charge in [-0.1, -0.05) is 45.0 Å². The van der Waals surface area contributed by atoms with Gasteiger partial charge < -0.3 is 10.2 Å². The van der Waals surface area contributed by atoms with Crippen molar-refractivity contribution in [3.63, 3.8) is 0 Å². The van der Waals surface area contributed by atoms with Crippen LogP contribution in [-0.2, 0) is 0 Å². The Labute approximate surface area is 131 Å². The lowest BCUT2D eigenvalue weighted by Gasteiger charge is -2.29. The molecule has 1 unspecified atom stereocenters. The fourth-order valence-electron chi connectivity index (χ4n) is 3.09. The number of hydrogen-bond acceptors (Lipinski definition) is 2. The van der Waals surface area contributed by atoms with Crippen LogP contribution in [0.4, 0.5) is 0 Å². The lowest BCUT2D eigenvalue weighted by Crippen LogP contribution is -2.34. The van der Waals surface area contributed by atoms with Gasteiger partial charge in [0.05, 0.1) is 0 Å². The van der Waals surface area contributed by atoms with Crippen LogP contribution >= 0.6 is 0 Å². The molecule has 0 saturated carbocycles. The van der Waals surface area contributed by atoms with Gasteiger partial charge in [-0.15, -0.1) is 0 Å². The topological polar surface area (TPSA) is 15.3 Å². The molecule has 2 heteroatoms. The van der Waals surface area contributed by atoms with Gasteiger partial charge in [0.25, 0.3) is 0 Å². The van der Waals surface area contributed by atoms with Crippen molar-refractivity contribution in [2.24, 2.45) is 0 Å². The van der Waals surface area contributed by atoms with Crippen LogP contribution < -0.4 is 5.32 Å². The quantitative estimate of drug-likeness (QED) is 0.680. The molecule has 0 aliphatic carbocycles. The summed E-state index contributed by atoms with van der Waals surface area (Å²) in [7, 11) is 2.27. The van der Waals surface area contributed by atoms with Gasteiger partial charge in [0.15, 0.2) is 0 Å². The highest BCUT2D eigenvalue weighted by molar-refractivity contribution is 5.28. The second-order valence-electron chi connectivity index (χ2n) is 6.10. The largest absolute Gasteiger partial charge is 0.310 e. The molecule has 0 saturated heterocycles. The molecular formula is C19H34N2. The molecule has 0 aromatic heterocycles. The number of nitrogens with zero attached hydrogens (tertiary/aromatic N) is 1. The summed E-state index contributed by atoms with van der Waals surface area (Å²) in [6.45, 7) is 11.3. The van der Waals surface area contributed by atoms with Crippen LogP contribution in [0, 0.1) is 6.92 Å². The zero-order chi connectivity index (χ0) is 15.7. The van der Waals surface area contributed by atoms with E-state index in [1.54, 1.807) is 0 Å². The normalized spacial score (nSPS) is 13.1. The van der Waals surface area contributed by atoms with E-state index in [2.05, 4.69) is 69.2 Å². The van der Waals surface area contributed by atoms with Crippen molar-refractivity contribution in [2.45, 2.75) is 65.5 Å². The van der Waals surface area contributed by atoms with Crippen LogP contribution in [0.3, 0.4) is 0 Å². The van der Waals surface area contributed by atoms with E-state index in [0.717, 1.165) is 13.1 Å². The Bertz CT molecular complexity index is 385. The van der Waals surface area contributed by atoms with E-state index in [9.17, 15) is 0 Å². The molecule has 21 heavy (non-hydrogen) atoms. The van der Waals surface area contributed by atoms with Crippen molar-refractivity contribution in [1.29, 1.82) is 0 Å². The maximum Gasteiger partial charge on any atom is 0.0335 e. The molecule has 1 atom stereocenters. The van der Waals surface area contributed by atoms with Gasteiger partial charge in [-0.05, 0) is 63.9 Å². The average molecular weight is 290 g/mol. The molecule has 0 heterocycles. The highest BCUT2D eigenvalue weighted by atomic mass is 15.1. The summed E-state index contributed by atoms with van der Waals surface area (Å²) in [5.74, 6) is 0. The monoisotopic (exact) mass is 290 g/mol. The van der Waals surface area contributed by atoms with Crippen LogP contribution in [0.1, 0.15) is 63.6 Å². The van der Waals surface area contributed by atoms with E-state index in [1.165, 1.54) is 36.8 Å². The summed E-state index contributed by atoms with van der Waals surface area (Å²) < 4.78 is 0. The Kier molecular flexibility index (Phi) is 8.63. The van der Waals surface area contributed by atoms with Crippen molar-refractivity contribution in [1.82, 2.24) is 10.2 Å². The van der Waals surface area contributed by atoms with Crippen LogP contribution in [0.2, 0.25) is 0 Å². The minimum Gasteiger partial charge on any atom is -0.310 e. The molecule has 0 aliphatic heterocycles. The first-order chi connectivity index (χ1) is 10.1. The van der Waals surface area contributed by atoms with Crippen molar-refractivity contribution in [3.8, 4) is 0 Å². The van der Waals surface area contributed by atoms with Gasteiger partial charge in [0, 0.05) is 12.1 Å². The van der Waals surface area contributed by atoms with E-state index >= 15 is 0 Å². The molecule has 1 aromatic carbocycles. The van der Waals surface area contributed by atoms with E-state index in [4.69, 9.17) is 0 Å². The number of rotatable bonds is 10. The van der Waals surface area contributed by atoms with E-state index < -0.39 is 0 Å². The highest BCUT2D eigenvalue weighted by Crippen LogP contribution is 2.21. The van der Waals surface area contributed by atoms with E-state index in [1.807, 2.05) is 0 Å². The molecule has 1 N–H and O–H groups in total. The molecule has 0 radical (unpaired) electrons. The maximum atomic E-state index is 3.73. The lowest BCUT2D eigenvalue weighted by molar-refractivity contribution is 0.217. The minimum absolute atomic E-state index is 0.475. The molecule has 2 nitrogen and oxygen atoms in total. The first kappa shape index (κ1) is 18.2. The van der Waals surface area contributed by atoms with Gasteiger partial charge in [-0.2, -0.15) is 0 Å². The van der Waals surface area contributed by atoms with Gasteiger partial charge in [-0.25, -0.2) is 0 Å².